The van der Waals surface area contributed by atoms with E-state index in [2.05, 4.69) is 61.5 Å². The molecule has 176 valence electrons. The van der Waals surface area contributed by atoms with Crippen LogP contribution in [0.3, 0.4) is 0 Å². The van der Waals surface area contributed by atoms with Gasteiger partial charge in [0.15, 0.2) is 0 Å². The number of rotatable bonds is 1. The summed E-state index contributed by atoms with van der Waals surface area (Å²) in [5, 5.41) is 11.5. The Balaban J connectivity index is 1.57. The Morgan fingerprint density at radius 3 is 2.29 bits per heavy atom. The van der Waals surface area contributed by atoms with E-state index >= 15 is 0 Å². The van der Waals surface area contributed by atoms with E-state index in [1.807, 2.05) is 5.57 Å². The molecule has 5 aliphatic carbocycles. The molecular formula is C30H50O. The fourth-order valence-electron chi connectivity index (χ4n) is 11.4. The van der Waals surface area contributed by atoms with E-state index in [9.17, 15) is 5.11 Å². The van der Waals surface area contributed by atoms with Gasteiger partial charge in [-0.05, 0) is 108 Å². The molecule has 1 heteroatoms. The van der Waals surface area contributed by atoms with Crippen molar-refractivity contribution < 1.29 is 5.11 Å². The van der Waals surface area contributed by atoms with Crippen molar-refractivity contribution in [3.63, 3.8) is 0 Å². The zero-order valence-electron chi connectivity index (χ0n) is 21.9. The molecule has 0 spiro atoms. The molecule has 9 atom stereocenters. The maximum Gasteiger partial charge on any atom is 0.0582 e. The Kier molecular flexibility index (Phi) is 4.82. The highest BCUT2D eigenvalue weighted by Gasteiger charge is 2.70. The van der Waals surface area contributed by atoms with Crippen LogP contribution in [0.1, 0.15) is 113 Å². The number of allylic oxidation sites excluding steroid dienone is 2. The van der Waals surface area contributed by atoms with Crippen molar-refractivity contribution in [3.05, 3.63) is 11.6 Å². The molecule has 5 rings (SSSR count). The fourth-order valence-corrected chi connectivity index (χ4v) is 11.4. The highest BCUT2D eigenvalue weighted by molar-refractivity contribution is 5.34. The lowest BCUT2D eigenvalue weighted by Gasteiger charge is -2.69. The van der Waals surface area contributed by atoms with E-state index < -0.39 is 0 Å². The van der Waals surface area contributed by atoms with Gasteiger partial charge in [-0.15, -0.1) is 0 Å². The van der Waals surface area contributed by atoms with Crippen LogP contribution in [0, 0.1) is 56.7 Å². The number of hydrogen-bond donors (Lipinski definition) is 1. The van der Waals surface area contributed by atoms with E-state index in [1.165, 1.54) is 51.4 Å². The zero-order chi connectivity index (χ0) is 22.6. The van der Waals surface area contributed by atoms with E-state index in [4.69, 9.17) is 0 Å². The van der Waals surface area contributed by atoms with Gasteiger partial charge in [-0.3, -0.25) is 0 Å². The van der Waals surface area contributed by atoms with Gasteiger partial charge in [-0.2, -0.15) is 0 Å². The van der Waals surface area contributed by atoms with Gasteiger partial charge in [0.1, 0.15) is 0 Å². The minimum atomic E-state index is -0.111. The van der Waals surface area contributed by atoms with Crippen molar-refractivity contribution in [1.29, 1.82) is 0 Å². The monoisotopic (exact) mass is 426 g/mol. The summed E-state index contributed by atoms with van der Waals surface area (Å²) < 4.78 is 0. The lowest BCUT2D eigenvalue weighted by atomic mass is 9.35. The van der Waals surface area contributed by atoms with E-state index in [0.29, 0.717) is 34.0 Å². The average Bonchev–Trinajstić information content (AvgIpc) is 2.94. The smallest absolute Gasteiger partial charge is 0.0582 e. The van der Waals surface area contributed by atoms with Gasteiger partial charge in [0.2, 0.25) is 0 Å². The first-order valence-electron chi connectivity index (χ1n) is 13.7. The molecule has 0 amide bonds. The quantitative estimate of drug-likeness (QED) is 0.421. The largest absolute Gasteiger partial charge is 0.393 e. The van der Waals surface area contributed by atoms with E-state index in [1.54, 1.807) is 0 Å². The lowest BCUT2D eigenvalue weighted by Crippen LogP contribution is -2.62. The zero-order valence-corrected chi connectivity index (χ0v) is 21.9. The summed E-state index contributed by atoms with van der Waals surface area (Å²) in [7, 11) is 0. The molecule has 0 aromatic heterocycles. The third-order valence-corrected chi connectivity index (χ3v) is 13.0. The molecule has 1 unspecified atom stereocenters. The number of aliphatic hydroxyl groups excluding tert-OH is 1. The Hall–Kier alpha value is -0.300. The van der Waals surface area contributed by atoms with Crippen LogP contribution in [0.25, 0.3) is 0 Å². The normalized spacial score (nSPS) is 55.7. The van der Waals surface area contributed by atoms with Gasteiger partial charge in [-0.25, -0.2) is 0 Å². The molecular weight excluding hydrogens is 376 g/mol. The summed E-state index contributed by atoms with van der Waals surface area (Å²) in [6, 6.07) is 0. The van der Waals surface area contributed by atoms with Crippen molar-refractivity contribution >= 4 is 0 Å². The fraction of sp³-hybridized carbons (Fsp3) is 0.933. The van der Waals surface area contributed by atoms with Crippen LogP contribution in [-0.2, 0) is 0 Å². The molecule has 5 aliphatic rings. The Morgan fingerprint density at radius 2 is 1.61 bits per heavy atom. The van der Waals surface area contributed by atoms with Gasteiger partial charge >= 0.3 is 0 Å². The molecule has 0 radical (unpaired) electrons. The van der Waals surface area contributed by atoms with Crippen LogP contribution < -0.4 is 0 Å². The van der Waals surface area contributed by atoms with Crippen LogP contribution in [-0.4, -0.2) is 11.2 Å². The molecule has 1 N–H and O–H groups in total. The van der Waals surface area contributed by atoms with Crippen molar-refractivity contribution in [2.45, 2.75) is 119 Å². The molecule has 31 heavy (non-hydrogen) atoms. The van der Waals surface area contributed by atoms with Gasteiger partial charge in [0, 0.05) is 0 Å². The van der Waals surface area contributed by atoms with Crippen molar-refractivity contribution in [2.24, 2.45) is 56.7 Å². The van der Waals surface area contributed by atoms with Gasteiger partial charge in [0.25, 0.3) is 0 Å². The summed E-state index contributed by atoms with van der Waals surface area (Å²) in [5.74, 6) is 3.42. The van der Waals surface area contributed by atoms with Gasteiger partial charge in [-0.1, -0.05) is 73.5 Å². The minimum Gasteiger partial charge on any atom is -0.393 e. The van der Waals surface area contributed by atoms with Crippen LogP contribution in [0.5, 0.6) is 0 Å². The number of fused-ring (bicyclic) bond motifs is 7. The Morgan fingerprint density at radius 1 is 0.903 bits per heavy atom. The standard InChI is InChI=1S/C30H50O/c1-19(2)22-18-23(31)25-28(22,6)16-17-29(7)21-10-11-24-26(3,4)13-9-14-27(24,5)20(21)12-15-30(25,29)8/h10,19-20,22-25,31H,9,11-18H2,1-8H3/t20-,22?,23+,24-,25+,27+,28+,29+,30-/m0/s1. The molecule has 1 nitrogen and oxygen atoms in total. The predicted molar refractivity (Wildman–Crippen MR) is 131 cm³/mol. The molecule has 0 saturated heterocycles. The summed E-state index contributed by atoms with van der Waals surface area (Å²) in [6.45, 7) is 20.4. The summed E-state index contributed by atoms with van der Waals surface area (Å²) >= 11 is 0. The molecule has 0 aliphatic heterocycles. The second kappa shape index (κ2) is 6.64. The van der Waals surface area contributed by atoms with Gasteiger partial charge < -0.3 is 5.11 Å². The highest BCUT2D eigenvalue weighted by atomic mass is 16.3. The first kappa shape index (κ1) is 22.5. The van der Waals surface area contributed by atoms with E-state index in [0.717, 1.165) is 18.3 Å². The van der Waals surface area contributed by atoms with Crippen molar-refractivity contribution in [2.75, 3.05) is 0 Å². The van der Waals surface area contributed by atoms with Crippen LogP contribution in [0.15, 0.2) is 11.6 Å². The third kappa shape index (κ3) is 2.65. The topological polar surface area (TPSA) is 20.2 Å². The van der Waals surface area contributed by atoms with Crippen LogP contribution in [0.2, 0.25) is 0 Å². The second-order valence-corrected chi connectivity index (χ2v) is 14.8. The maximum absolute atomic E-state index is 11.5. The minimum absolute atomic E-state index is 0.111. The lowest BCUT2D eigenvalue weighted by molar-refractivity contribution is -0.162. The SMILES string of the molecule is CC(C)C1C[C@@H](O)[C@H]2[C@]3(C)CC[C@H]4C(=CC[C@H]5C(C)(C)CCC[C@]45C)[C@@]3(C)CC[C@]12C. The first-order valence-corrected chi connectivity index (χ1v) is 13.7. The van der Waals surface area contributed by atoms with Crippen LogP contribution >= 0.6 is 0 Å². The first-order chi connectivity index (χ1) is 14.3. The summed E-state index contributed by atoms with van der Waals surface area (Å²) in [6.07, 6.45) is 14.5. The maximum atomic E-state index is 11.5. The molecule has 0 bridgehead atoms. The molecule has 0 heterocycles. The van der Waals surface area contributed by atoms with Crippen LogP contribution in [0.4, 0.5) is 0 Å². The average molecular weight is 427 g/mol. The molecule has 4 saturated carbocycles. The van der Waals surface area contributed by atoms with E-state index in [-0.39, 0.29) is 16.9 Å². The molecule has 4 fully saturated rings. The number of hydrogen-bond acceptors (Lipinski definition) is 1. The summed E-state index contributed by atoms with van der Waals surface area (Å²) in [4.78, 5) is 0. The number of aliphatic hydroxyl groups is 1. The summed E-state index contributed by atoms with van der Waals surface area (Å²) in [5.41, 5.74) is 3.60. The predicted octanol–water partition coefficient (Wildman–Crippen LogP) is 8.02. The van der Waals surface area contributed by atoms with Gasteiger partial charge in [0.05, 0.1) is 6.10 Å². The Bertz CT molecular complexity index is 777. The van der Waals surface area contributed by atoms with Crippen molar-refractivity contribution in [1.82, 2.24) is 0 Å². The molecule has 0 aromatic rings. The molecule has 0 aromatic carbocycles. The Labute approximate surface area is 192 Å². The highest BCUT2D eigenvalue weighted by Crippen LogP contribution is 2.76. The second-order valence-electron chi connectivity index (χ2n) is 14.8. The van der Waals surface area contributed by atoms with Crippen molar-refractivity contribution in [3.8, 4) is 0 Å². The third-order valence-electron chi connectivity index (χ3n) is 13.0.